The van der Waals surface area contributed by atoms with Gasteiger partial charge in [0.05, 0.1) is 20.1 Å². The number of carbonyl (C=O) groups is 2. The highest BCUT2D eigenvalue weighted by Gasteiger charge is 2.57. The molecule has 3 aromatic rings. The molecule has 1 N–H and O–H groups in total. The van der Waals surface area contributed by atoms with Crippen LogP contribution in [0.2, 0.25) is 0 Å². The molecule has 14 heteroatoms. The summed E-state index contributed by atoms with van der Waals surface area (Å²) in [5, 5.41) is 0.849. The first-order valence-corrected chi connectivity index (χ1v) is 13.6. The third kappa shape index (κ3) is 6.65. The lowest BCUT2D eigenvalue weighted by molar-refractivity contribution is -0.243. The first-order chi connectivity index (χ1) is 16.5. The fourth-order valence-corrected chi connectivity index (χ4v) is 6.40. The third-order valence-electron chi connectivity index (χ3n) is 4.84. The van der Waals surface area contributed by atoms with Gasteiger partial charge in [-0.05, 0) is 86.0 Å². The monoisotopic (exact) mass is 716 g/mol. The summed E-state index contributed by atoms with van der Waals surface area (Å²) < 4.78 is 82.9. The smallest absolute Gasteiger partial charge is 0.429 e. The van der Waals surface area contributed by atoms with Gasteiger partial charge in [-0.15, -0.1) is 0 Å². The Kier molecular flexibility index (Phi) is 8.25. The van der Waals surface area contributed by atoms with Crippen LogP contribution in [0.5, 0.6) is 5.75 Å². The molecular formula is C22H14Br3F3O7S. The SMILES string of the molecule is CC(CS(=O)(=O)O)(OC(=O)c1ccc2cc(C(=O)Oc3c(Br)cc(Br)cc3Br)ccc2c1)C(F)(F)F. The summed E-state index contributed by atoms with van der Waals surface area (Å²) >= 11 is 9.93. The molecule has 0 radical (unpaired) electrons. The summed E-state index contributed by atoms with van der Waals surface area (Å²) in [7, 11) is -5.12. The van der Waals surface area contributed by atoms with Crippen molar-refractivity contribution in [3.05, 3.63) is 73.1 Å². The van der Waals surface area contributed by atoms with E-state index in [2.05, 4.69) is 52.5 Å². The molecule has 0 fully saturated rings. The number of hydrogen-bond donors (Lipinski definition) is 1. The average molecular weight is 719 g/mol. The summed E-state index contributed by atoms with van der Waals surface area (Å²) in [4.78, 5) is 25.1. The van der Waals surface area contributed by atoms with Crippen LogP contribution in [-0.2, 0) is 14.9 Å². The average Bonchev–Trinajstić information content (AvgIpc) is 2.73. The van der Waals surface area contributed by atoms with Gasteiger partial charge in [-0.2, -0.15) is 21.6 Å². The van der Waals surface area contributed by atoms with Crippen LogP contribution in [0.15, 0.2) is 61.9 Å². The maximum Gasteiger partial charge on any atom is 0.429 e. The van der Waals surface area contributed by atoms with E-state index >= 15 is 0 Å². The summed E-state index contributed by atoms with van der Waals surface area (Å²) in [6, 6.07) is 11.5. The topological polar surface area (TPSA) is 107 Å². The van der Waals surface area contributed by atoms with E-state index in [9.17, 15) is 31.2 Å². The number of fused-ring (bicyclic) bond motifs is 1. The fraction of sp³-hybridized carbons (Fsp3) is 0.182. The molecule has 0 spiro atoms. The number of halogens is 6. The number of benzene rings is 3. The molecule has 0 bridgehead atoms. The summed E-state index contributed by atoms with van der Waals surface area (Å²) in [6.45, 7) is 0.347. The molecule has 0 saturated carbocycles. The highest BCUT2D eigenvalue weighted by atomic mass is 79.9. The summed E-state index contributed by atoms with van der Waals surface area (Å²) in [5.74, 6) is -3.75. The maximum absolute atomic E-state index is 13.4. The zero-order valence-electron chi connectivity index (χ0n) is 17.9. The number of carbonyl (C=O) groups excluding carboxylic acids is 2. The van der Waals surface area contributed by atoms with Crippen molar-refractivity contribution in [2.24, 2.45) is 0 Å². The Bertz CT molecular complexity index is 1450. The van der Waals surface area contributed by atoms with E-state index in [0.717, 1.165) is 10.5 Å². The molecule has 0 heterocycles. The molecule has 0 amide bonds. The Labute approximate surface area is 228 Å². The van der Waals surface area contributed by atoms with Gasteiger partial charge in [-0.25, -0.2) is 9.59 Å². The molecule has 0 aliphatic rings. The van der Waals surface area contributed by atoms with Crippen molar-refractivity contribution in [3.8, 4) is 5.75 Å². The number of alkyl halides is 3. The van der Waals surface area contributed by atoms with Gasteiger partial charge in [0.25, 0.3) is 10.1 Å². The van der Waals surface area contributed by atoms with Crippen LogP contribution in [0.3, 0.4) is 0 Å². The molecule has 7 nitrogen and oxygen atoms in total. The number of rotatable bonds is 6. The Hall–Kier alpha value is -2.00. The van der Waals surface area contributed by atoms with E-state index in [-0.39, 0.29) is 16.9 Å². The molecule has 1 unspecified atom stereocenters. The van der Waals surface area contributed by atoms with E-state index < -0.39 is 39.6 Å². The largest absolute Gasteiger partial charge is 0.445 e. The van der Waals surface area contributed by atoms with E-state index in [1.807, 2.05) is 0 Å². The van der Waals surface area contributed by atoms with Crippen LogP contribution >= 0.6 is 47.8 Å². The van der Waals surface area contributed by atoms with Gasteiger partial charge < -0.3 is 9.47 Å². The van der Waals surface area contributed by atoms with Crippen molar-refractivity contribution in [1.29, 1.82) is 0 Å². The van der Waals surface area contributed by atoms with Crippen molar-refractivity contribution < 1.29 is 45.2 Å². The van der Waals surface area contributed by atoms with Crippen molar-refractivity contribution in [2.75, 3.05) is 5.75 Å². The second kappa shape index (κ2) is 10.4. The lowest BCUT2D eigenvalue weighted by Crippen LogP contribution is -2.51. The Morgan fingerprint density at radius 2 is 1.36 bits per heavy atom. The quantitative estimate of drug-likeness (QED) is 0.172. The minimum atomic E-state index is -5.27. The molecule has 0 saturated heterocycles. The predicted molar refractivity (Wildman–Crippen MR) is 135 cm³/mol. The van der Waals surface area contributed by atoms with Gasteiger partial charge in [0, 0.05) is 4.47 Å². The Balaban J connectivity index is 1.86. The second-order valence-electron chi connectivity index (χ2n) is 7.71. The lowest BCUT2D eigenvalue weighted by atomic mass is 10.0. The van der Waals surface area contributed by atoms with Crippen LogP contribution in [0.4, 0.5) is 13.2 Å². The molecule has 0 aliphatic carbocycles. The van der Waals surface area contributed by atoms with E-state index in [1.54, 1.807) is 12.1 Å². The number of ether oxygens (including phenoxy) is 2. The Morgan fingerprint density at radius 1 is 0.889 bits per heavy atom. The Morgan fingerprint density at radius 3 is 1.81 bits per heavy atom. The first-order valence-electron chi connectivity index (χ1n) is 9.65. The van der Waals surface area contributed by atoms with Gasteiger partial charge in [0.2, 0.25) is 5.60 Å². The minimum Gasteiger partial charge on any atom is -0.445 e. The molecular weight excluding hydrogens is 705 g/mol. The van der Waals surface area contributed by atoms with Gasteiger partial charge in [-0.1, -0.05) is 28.1 Å². The fourth-order valence-electron chi connectivity index (χ4n) is 3.06. The van der Waals surface area contributed by atoms with Crippen molar-refractivity contribution in [1.82, 2.24) is 0 Å². The van der Waals surface area contributed by atoms with Gasteiger partial charge >= 0.3 is 18.1 Å². The second-order valence-corrected chi connectivity index (χ2v) is 11.8. The van der Waals surface area contributed by atoms with E-state index in [1.165, 1.54) is 30.3 Å². The van der Waals surface area contributed by atoms with E-state index in [0.29, 0.717) is 26.6 Å². The highest BCUT2D eigenvalue weighted by Crippen LogP contribution is 2.37. The van der Waals surface area contributed by atoms with Crippen molar-refractivity contribution in [2.45, 2.75) is 18.7 Å². The summed E-state index contributed by atoms with van der Waals surface area (Å²) in [6.07, 6.45) is -5.27. The number of hydrogen-bond acceptors (Lipinski definition) is 6. The molecule has 3 aromatic carbocycles. The number of esters is 2. The lowest BCUT2D eigenvalue weighted by Gasteiger charge is -2.30. The molecule has 0 aromatic heterocycles. The molecule has 0 aliphatic heterocycles. The summed E-state index contributed by atoms with van der Waals surface area (Å²) in [5.41, 5.74) is -3.61. The van der Waals surface area contributed by atoms with Crippen LogP contribution in [0.25, 0.3) is 10.8 Å². The zero-order chi connectivity index (χ0) is 27.1. The predicted octanol–water partition coefficient (Wildman–Crippen LogP) is 6.71. The van der Waals surface area contributed by atoms with Crippen LogP contribution in [0.1, 0.15) is 27.6 Å². The van der Waals surface area contributed by atoms with E-state index in [4.69, 9.17) is 9.29 Å². The van der Waals surface area contributed by atoms with Crippen LogP contribution < -0.4 is 4.74 Å². The van der Waals surface area contributed by atoms with Crippen molar-refractivity contribution in [3.63, 3.8) is 0 Å². The molecule has 36 heavy (non-hydrogen) atoms. The van der Waals surface area contributed by atoms with Gasteiger partial charge in [0.15, 0.2) is 5.75 Å². The normalized spacial score (nSPS) is 13.8. The highest BCUT2D eigenvalue weighted by molar-refractivity contribution is 9.11. The zero-order valence-corrected chi connectivity index (χ0v) is 23.5. The molecule has 192 valence electrons. The minimum absolute atomic E-state index is 0.164. The standard InChI is InChI=1S/C22H14Br3F3O7S/c1-21(22(26,27)28,10-36(31,32)33)35-20(30)14-5-3-11-6-13(4-2-12(11)7-14)19(29)34-18-16(24)8-15(23)9-17(18)25/h2-9H,10H2,1H3,(H,31,32,33). The van der Waals surface area contributed by atoms with Crippen LogP contribution in [0, 0.1) is 0 Å². The first kappa shape index (κ1) is 28.6. The van der Waals surface area contributed by atoms with Crippen LogP contribution in [-0.4, -0.2) is 42.4 Å². The van der Waals surface area contributed by atoms with Gasteiger partial charge in [0.1, 0.15) is 5.75 Å². The third-order valence-corrected chi connectivity index (χ3v) is 7.40. The van der Waals surface area contributed by atoms with Gasteiger partial charge in [-0.3, -0.25) is 4.55 Å². The molecule has 1 atom stereocenters. The van der Waals surface area contributed by atoms with Crippen molar-refractivity contribution >= 4 is 80.6 Å². The maximum atomic E-state index is 13.4. The molecule has 3 rings (SSSR count).